The number of ether oxygens (including phenoxy) is 2. The van der Waals surface area contributed by atoms with Gasteiger partial charge in [0.15, 0.2) is 17.5 Å². The lowest BCUT2D eigenvalue weighted by Gasteiger charge is -2.11. The lowest BCUT2D eigenvalue weighted by molar-refractivity contribution is 0.174. The van der Waals surface area contributed by atoms with Crippen LogP contribution in [0.15, 0.2) is 58.1 Å². The molecule has 8 heteroatoms. The van der Waals surface area contributed by atoms with E-state index in [1.807, 2.05) is 42.5 Å². The molecule has 2 aromatic carbocycles. The number of rotatable bonds is 6. The van der Waals surface area contributed by atoms with Crippen molar-refractivity contribution in [1.29, 1.82) is 0 Å². The fourth-order valence-corrected chi connectivity index (χ4v) is 3.03. The Balaban J connectivity index is 0.00000256. The predicted octanol–water partition coefficient (Wildman–Crippen LogP) is 3.90. The predicted molar refractivity (Wildman–Crippen MR) is 127 cm³/mol. The van der Waals surface area contributed by atoms with Gasteiger partial charge in [-0.1, -0.05) is 23.8 Å². The molecule has 0 saturated carbocycles. The van der Waals surface area contributed by atoms with Gasteiger partial charge in [-0.3, -0.25) is 4.99 Å². The maximum absolute atomic E-state index is 5.60. The van der Waals surface area contributed by atoms with E-state index in [9.17, 15) is 0 Å². The number of nitrogens with one attached hydrogen (secondary N) is 2. The zero-order valence-electron chi connectivity index (χ0n) is 17.0. The van der Waals surface area contributed by atoms with E-state index in [1.54, 1.807) is 13.3 Å². The molecule has 1 aliphatic rings. The van der Waals surface area contributed by atoms with Gasteiger partial charge >= 0.3 is 0 Å². The van der Waals surface area contributed by atoms with Crippen molar-refractivity contribution >= 4 is 29.9 Å². The van der Waals surface area contributed by atoms with Crippen molar-refractivity contribution < 1.29 is 13.9 Å². The largest absolute Gasteiger partial charge is 0.454 e. The van der Waals surface area contributed by atoms with Gasteiger partial charge < -0.3 is 24.5 Å². The van der Waals surface area contributed by atoms with Crippen molar-refractivity contribution in [3.8, 4) is 23.0 Å². The first kappa shape index (κ1) is 21.9. The molecule has 158 valence electrons. The Labute approximate surface area is 192 Å². The zero-order chi connectivity index (χ0) is 20.1. The summed E-state index contributed by atoms with van der Waals surface area (Å²) < 4.78 is 16.4. The molecular weight excluding hydrogens is 495 g/mol. The summed E-state index contributed by atoms with van der Waals surface area (Å²) in [6.45, 7) is 3.62. The standard InChI is InChI=1S/C22H24N4O3.HI/c1-15-3-6-17(7-4-15)21-26-18(13-27-21)12-25-22(23-2)24-10-9-16-5-8-19-20(11-16)29-14-28-19;/h3-8,11,13H,9-10,12,14H2,1-2H3,(H2,23,24,25);1H. The molecule has 4 rings (SSSR count). The van der Waals surface area contributed by atoms with Crippen molar-refractivity contribution in [1.82, 2.24) is 15.6 Å². The van der Waals surface area contributed by atoms with E-state index in [0.717, 1.165) is 35.7 Å². The Bertz CT molecular complexity index is 1000. The molecule has 2 heterocycles. The molecule has 0 saturated heterocycles. The van der Waals surface area contributed by atoms with Crippen molar-refractivity contribution in [2.75, 3.05) is 20.4 Å². The van der Waals surface area contributed by atoms with Crippen LogP contribution in [0.1, 0.15) is 16.8 Å². The summed E-state index contributed by atoms with van der Waals surface area (Å²) in [5.41, 5.74) is 4.17. The molecule has 1 aliphatic heterocycles. The fourth-order valence-electron chi connectivity index (χ4n) is 3.03. The van der Waals surface area contributed by atoms with Crippen LogP contribution in [0.25, 0.3) is 11.5 Å². The minimum Gasteiger partial charge on any atom is -0.454 e. The third kappa shape index (κ3) is 5.44. The van der Waals surface area contributed by atoms with E-state index in [4.69, 9.17) is 13.9 Å². The highest BCUT2D eigenvalue weighted by molar-refractivity contribution is 14.0. The van der Waals surface area contributed by atoms with E-state index in [2.05, 4.69) is 27.5 Å². The first-order valence-electron chi connectivity index (χ1n) is 9.56. The van der Waals surface area contributed by atoms with Gasteiger partial charge in [-0.2, -0.15) is 0 Å². The second-order valence-electron chi connectivity index (χ2n) is 6.80. The van der Waals surface area contributed by atoms with Gasteiger partial charge in [-0.25, -0.2) is 4.98 Å². The number of aliphatic imine (C=N–C) groups is 1. The van der Waals surface area contributed by atoms with Crippen LogP contribution in [0.5, 0.6) is 11.5 Å². The molecule has 0 spiro atoms. The molecule has 1 aromatic heterocycles. The summed E-state index contributed by atoms with van der Waals surface area (Å²) >= 11 is 0. The number of aryl methyl sites for hydroxylation is 1. The molecule has 0 bridgehead atoms. The van der Waals surface area contributed by atoms with Crippen LogP contribution < -0.4 is 20.1 Å². The van der Waals surface area contributed by atoms with E-state index < -0.39 is 0 Å². The molecule has 0 unspecified atom stereocenters. The number of fused-ring (bicyclic) bond motifs is 1. The van der Waals surface area contributed by atoms with Gasteiger partial charge in [-0.05, 0) is 43.2 Å². The Hall–Kier alpha value is -2.75. The van der Waals surface area contributed by atoms with Crippen molar-refractivity contribution in [3.05, 3.63) is 65.5 Å². The molecule has 0 amide bonds. The molecule has 2 N–H and O–H groups in total. The van der Waals surface area contributed by atoms with Crippen LogP contribution >= 0.6 is 24.0 Å². The van der Waals surface area contributed by atoms with Gasteiger partial charge in [0, 0.05) is 19.2 Å². The SMILES string of the molecule is CN=C(NCCc1ccc2c(c1)OCO2)NCc1coc(-c2ccc(C)cc2)n1.I. The van der Waals surface area contributed by atoms with E-state index in [-0.39, 0.29) is 24.0 Å². The van der Waals surface area contributed by atoms with Crippen LogP contribution in [0.4, 0.5) is 0 Å². The highest BCUT2D eigenvalue weighted by atomic mass is 127. The smallest absolute Gasteiger partial charge is 0.231 e. The third-order valence-corrected chi connectivity index (χ3v) is 4.65. The minimum absolute atomic E-state index is 0. The monoisotopic (exact) mass is 520 g/mol. The first-order chi connectivity index (χ1) is 14.2. The Morgan fingerprint density at radius 3 is 2.67 bits per heavy atom. The molecular formula is C22H25IN4O3. The molecule has 3 aromatic rings. The molecule has 0 atom stereocenters. The highest BCUT2D eigenvalue weighted by Gasteiger charge is 2.13. The topological polar surface area (TPSA) is 80.9 Å². The van der Waals surface area contributed by atoms with E-state index in [1.165, 1.54) is 11.1 Å². The lowest BCUT2D eigenvalue weighted by Crippen LogP contribution is -2.37. The second-order valence-corrected chi connectivity index (χ2v) is 6.80. The molecule has 0 radical (unpaired) electrons. The van der Waals surface area contributed by atoms with Crippen molar-refractivity contribution in [2.45, 2.75) is 19.9 Å². The summed E-state index contributed by atoms with van der Waals surface area (Å²) in [6, 6.07) is 14.1. The van der Waals surface area contributed by atoms with Gasteiger partial charge in [0.1, 0.15) is 6.26 Å². The van der Waals surface area contributed by atoms with E-state index >= 15 is 0 Å². The number of hydrogen-bond acceptors (Lipinski definition) is 5. The highest BCUT2D eigenvalue weighted by Crippen LogP contribution is 2.32. The van der Waals surface area contributed by atoms with Gasteiger partial charge in [0.2, 0.25) is 12.7 Å². The number of nitrogens with zero attached hydrogens (tertiary/aromatic N) is 2. The molecule has 7 nitrogen and oxygen atoms in total. The average Bonchev–Trinajstić information content (AvgIpc) is 3.40. The molecule has 0 aliphatic carbocycles. The van der Waals surface area contributed by atoms with Crippen LogP contribution in [0.2, 0.25) is 0 Å². The van der Waals surface area contributed by atoms with E-state index in [0.29, 0.717) is 25.2 Å². The number of aromatic nitrogens is 1. The van der Waals surface area contributed by atoms with Gasteiger partial charge in [0.05, 0.1) is 12.2 Å². The summed E-state index contributed by atoms with van der Waals surface area (Å²) in [5.74, 6) is 2.94. The summed E-state index contributed by atoms with van der Waals surface area (Å²) in [7, 11) is 1.75. The van der Waals surface area contributed by atoms with Crippen LogP contribution in [0, 0.1) is 6.92 Å². The number of guanidine groups is 1. The van der Waals surface area contributed by atoms with Gasteiger partial charge in [-0.15, -0.1) is 24.0 Å². The maximum atomic E-state index is 5.60. The lowest BCUT2D eigenvalue weighted by atomic mass is 10.1. The second kappa shape index (κ2) is 10.3. The number of oxazole rings is 1. The normalized spacial score (nSPS) is 12.4. The zero-order valence-corrected chi connectivity index (χ0v) is 19.3. The number of hydrogen-bond donors (Lipinski definition) is 2. The summed E-state index contributed by atoms with van der Waals surface area (Å²) in [4.78, 5) is 8.80. The maximum Gasteiger partial charge on any atom is 0.231 e. The van der Waals surface area contributed by atoms with Crippen molar-refractivity contribution in [3.63, 3.8) is 0 Å². The number of benzene rings is 2. The van der Waals surface area contributed by atoms with Crippen LogP contribution in [0.3, 0.4) is 0 Å². The molecule has 30 heavy (non-hydrogen) atoms. The Kier molecular flexibility index (Phi) is 7.56. The summed E-state index contributed by atoms with van der Waals surface area (Å²) in [5, 5.41) is 6.57. The quantitative estimate of drug-likeness (QED) is 0.292. The summed E-state index contributed by atoms with van der Waals surface area (Å²) in [6.07, 6.45) is 2.51. The first-order valence-corrected chi connectivity index (χ1v) is 9.56. The Morgan fingerprint density at radius 1 is 1.07 bits per heavy atom. The Morgan fingerprint density at radius 2 is 1.87 bits per heavy atom. The van der Waals surface area contributed by atoms with Crippen LogP contribution in [-0.2, 0) is 13.0 Å². The minimum atomic E-state index is 0. The molecule has 0 fully saturated rings. The average molecular weight is 520 g/mol. The van der Waals surface area contributed by atoms with Crippen molar-refractivity contribution in [2.24, 2.45) is 4.99 Å². The van der Waals surface area contributed by atoms with Crippen LogP contribution in [-0.4, -0.2) is 31.3 Å². The fraction of sp³-hybridized carbons (Fsp3) is 0.273. The van der Waals surface area contributed by atoms with Gasteiger partial charge in [0.25, 0.3) is 0 Å². The number of halogens is 1. The third-order valence-electron chi connectivity index (χ3n) is 4.65.